The second-order valence-electron chi connectivity index (χ2n) is 7.53. The van der Waals surface area contributed by atoms with Gasteiger partial charge in [0, 0.05) is 43.5 Å². The molecule has 4 aromatic rings. The maximum absolute atomic E-state index is 4.63. The minimum Gasteiger partial charge on any atom is -0.353 e. The number of hydrogen-bond donors (Lipinski definition) is 0. The van der Waals surface area contributed by atoms with Gasteiger partial charge in [-0.2, -0.15) is 0 Å². The summed E-state index contributed by atoms with van der Waals surface area (Å²) < 4.78 is 4.23. The van der Waals surface area contributed by atoms with Gasteiger partial charge in [-0.05, 0) is 37.8 Å². The normalized spacial score (nSPS) is 18.6. The van der Waals surface area contributed by atoms with Crippen LogP contribution in [-0.2, 0) is 0 Å². The van der Waals surface area contributed by atoms with Crippen LogP contribution in [0.15, 0.2) is 36.8 Å². The van der Waals surface area contributed by atoms with Crippen LogP contribution in [0.3, 0.4) is 0 Å². The predicted octanol–water partition coefficient (Wildman–Crippen LogP) is 2.43. The molecule has 0 radical (unpaired) electrons. The molecule has 6 rings (SSSR count). The summed E-state index contributed by atoms with van der Waals surface area (Å²) in [4.78, 5) is 6.96. The third-order valence-corrected chi connectivity index (χ3v) is 5.78. The van der Waals surface area contributed by atoms with Crippen molar-refractivity contribution in [3.05, 3.63) is 48.4 Å². The molecule has 1 saturated carbocycles. The maximum Gasteiger partial charge on any atom is 0.203 e. The van der Waals surface area contributed by atoms with Crippen LogP contribution < -0.4 is 4.90 Å². The summed E-state index contributed by atoms with van der Waals surface area (Å²) >= 11 is 0. The monoisotopic (exact) mass is 360 g/mol. The van der Waals surface area contributed by atoms with Crippen molar-refractivity contribution in [1.82, 2.24) is 34.2 Å². The number of anilines is 1. The van der Waals surface area contributed by atoms with Crippen molar-refractivity contribution < 1.29 is 0 Å². The number of aromatic nitrogens is 7. The van der Waals surface area contributed by atoms with E-state index < -0.39 is 0 Å². The highest BCUT2D eigenvalue weighted by molar-refractivity contribution is 5.64. The molecule has 1 saturated heterocycles. The predicted molar refractivity (Wildman–Crippen MR) is 99.9 cm³/mol. The number of rotatable bonds is 3. The molecule has 0 N–H and O–H groups in total. The summed E-state index contributed by atoms with van der Waals surface area (Å²) in [6, 6.07) is 6.03. The molecule has 0 bridgehead atoms. The van der Waals surface area contributed by atoms with E-state index in [1.165, 1.54) is 12.8 Å². The van der Waals surface area contributed by atoms with Crippen molar-refractivity contribution in [1.29, 1.82) is 0 Å². The average molecular weight is 360 g/mol. The van der Waals surface area contributed by atoms with Crippen LogP contribution in [0.4, 0.5) is 5.82 Å². The second kappa shape index (κ2) is 5.73. The Kier molecular flexibility index (Phi) is 3.20. The molecule has 0 unspecified atom stereocenters. The molecule has 2 aliphatic rings. The molecule has 5 heterocycles. The van der Waals surface area contributed by atoms with Crippen molar-refractivity contribution in [3.63, 3.8) is 0 Å². The number of fused-ring (bicyclic) bond motifs is 2. The Morgan fingerprint density at radius 3 is 2.41 bits per heavy atom. The van der Waals surface area contributed by atoms with Crippen molar-refractivity contribution >= 4 is 17.1 Å². The molecule has 27 heavy (non-hydrogen) atoms. The van der Waals surface area contributed by atoms with Crippen LogP contribution in [0.2, 0.25) is 0 Å². The van der Waals surface area contributed by atoms with E-state index in [4.69, 9.17) is 0 Å². The Morgan fingerprint density at radius 2 is 1.56 bits per heavy atom. The van der Waals surface area contributed by atoms with Crippen LogP contribution >= 0.6 is 0 Å². The SMILES string of the molecule is c1ccn2c(C3CCN(c4nccn5c(C6CC6)nnc45)CC3)nnc2c1. The van der Waals surface area contributed by atoms with Crippen LogP contribution in [0.25, 0.3) is 11.3 Å². The molecule has 2 fully saturated rings. The summed E-state index contributed by atoms with van der Waals surface area (Å²) in [6.45, 7) is 1.87. The first-order chi connectivity index (χ1) is 13.4. The quantitative estimate of drug-likeness (QED) is 0.558. The fourth-order valence-corrected chi connectivity index (χ4v) is 4.16. The van der Waals surface area contributed by atoms with Gasteiger partial charge in [-0.15, -0.1) is 20.4 Å². The number of nitrogens with zero attached hydrogens (tertiary/aromatic N) is 8. The van der Waals surface area contributed by atoms with E-state index in [2.05, 4.69) is 45.3 Å². The summed E-state index contributed by atoms with van der Waals surface area (Å²) in [7, 11) is 0. The van der Waals surface area contributed by atoms with E-state index in [9.17, 15) is 0 Å². The molecule has 0 amide bonds. The van der Waals surface area contributed by atoms with E-state index in [0.717, 1.165) is 54.7 Å². The van der Waals surface area contributed by atoms with Gasteiger partial charge in [-0.1, -0.05) is 6.07 Å². The molecule has 0 aromatic carbocycles. The third-order valence-electron chi connectivity index (χ3n) is 5.78. The molecule has 4 aromatic heterocycles. The largest absolute Gasteiger partial charge is 0.353 e. The first-order valence-corrected chi connectivity index (χ1v) is 9.63. The first-order valence-electron chi connectivity index (χ1n) is 9.63. The lowest BCUT2D eigenvalue weighted by Crippen LogP contribution is -2.34. The molecule has 1 aliphatic heterocycles. The van der Waals surface area contributed by atoms with Gasteiger partial charge in [0.05, 0.1) is 0 Å². The lowest BCUT2D eigenvalue weighted by Gasteiger charge is -2.32. The highest BCUT2D eigenvalue weighted by atomic mass is 15.3. The Labute approximate surface area is 155 Å². The standard InChI is InChI=1S/C19H20N8/c1-2-9-26-15(3-1)21-22-16(26)14-6-10-25(11-7-14)18-19-24-23-17(13-4-5-13)27(19)12-8-20-18/h1-3,8-9,12-14H,4-7,10-11H2. The lowest BCUT2D eigenvalue weighted by molar-refractivity contribution is 0.480. The summed E-state index contributed by atoms with van der Waals surface area (Å²) in [5.41, 5.74) is 1.79. The molecule has 0 atom stereocenters. The number of hydrogen-bond acceptors (Lipinski definition) is 6. The molecular weight excluding hydrogens is 340 g/mol. The van der Waals surface area contributed by atoms with Gasteiger partial charge in [0.1, 0.15) is 11.6 Å². The zero-order valence-electron chi connectivity index (χ0n) is 14.9. The minimum atomic E-state index is 0.415. The van der Waals surface area contributed by atoms with Gasteiger partial charge in [0.2, 0.25) is 5.65 Å². The number of pyridine rings is 1. The van der Waals surface area contributed by atoms with Gasteiger partial charge < -0.3 is 4.90 Å². The molecule has 1 aliphatic carbocycles. The van der Waals surface area contributed by atoms with E-state index in [1.54, 1.807) is 0 Å². The number of piperidine rings is 1. The molecule has 0 spiro atoms. The van der Waals surface area contributed by atoms with Crippen molar-refractivity contribution in [2.75, 3.05) is 18.0 Å². The Balaban J connectivity index is 1.27. The van der Waals surface area contributed by atoms with Gasteiger partial charge in [0.15, 0.2) is 11.5 Å². The zero-order valence-corrected chi connectivity index (χ0v) is 14.9. The van der Waals surface area contributed by atoms with Gasteiger partial charge >= 0.3 is 0 Å². The average Bonchev–Trinajstić information content (AvgIpc) is 3.33. The molecule has 136 valence electrons. The van der Waals surface area contributed by atoms with E-state index in [-0.39, 0.29) is 0 Å². The molecule has 8 nitrogen and oxygen atoms in total. The summed E-state index contributed by atoms with van der Waals surface area (Å²) in [5.74, 6) is 4.08. The maximum atomic E-state index is 4.63. The van der Waals surface area contributed by atoms with E-state index in [1.807, 2.05) is 30.6 Å². The Morgan fingerprint density at radius 1 is 0.778 bits per heavy atom. The fraction of sp³-hybridized carbons (Fsp3) is 0.421. The van der Waals surface area contributed by atoms with E-state index in [0.29, 0.717) is 11.8 Å². The highest BCUT2D eigenvalue weighted by Gasteiger charge is 2.31. The minimum absolute atomic E-state index is 0.415. The summed E-state index contributed by atoms with van der Waals surface area (Å²) in [5, 5.41) is 17.6. The second-order valence-corrected chi connectivity index (χ2v) is 7.53. The Bertz CT molecular complexity index is 1120. The van der Waals surface area contributed by atoms with Crippen molar-refractivity contribution in [3.8, 4) is 0 Å². The van der Waals surface area contributed by atoms with Gasteiger partial charge in [-0.25, -0.2) is 4.98 Å². The third kappa shape index (κ3) is 2.39. The van der Waals surface area contributed by atoms with Crippen molar-refractivity contribution in [2.24, 2.45) is 0 Å². The van der Waals surface area contributed by atoms with Gasteiger partial charge in [-0.3, -0.25) is 8.80 Å². The molecular formula is C19H20N8. The molecule has 8 heteroatoms. The van der Waals surface area contributed by atoms with Gasteiger partial charge in [0.25, 0.3) is 0 Å². The fourth-order valence-electron chi connectivity index (χ4n) is 4.16. The van der Waals surface area contributed by atoms with Crippen LogP contribution in [0.5, 0.6) is 0 Å². The lowest BCUT2D eigenvalue weighted by atomic mass is 9.96. The van der Waals surface area contributed by atoms with Crippen molar-refractivity contribution in [2.45, 2.75) is 37.5 Å². The first kappa shape index (κ1) is 15.1. The van der Waals surface area contributed by atoms with Crippen LogP contribution in [-0.4, -0.2) is 47.3 Å². The van der Waals surface area contributed by atoms with Crippen LogP contribution in [0.1, 0.15) is 49.2 Å². The highest BCUT2D eigenvalue weighted by Crippen LogP contribution is 2.39. The van der Waals surface area contributed by atoms with E-state index >= 15 is 0 Å². The topological polar surface area (TPSA) is 76.5 Å². The zero-order chi connectivity index (χ0) is 17.8. The summed E-state index contributed by atoms with van der Waals surface area (Å²) in [6.07, 6.45) is 10.4. The Hall–Kier alpha value is -3.03. The smallest absolute Gasteiger partial charge is 0.203 e. The van der Waals surface area contributed by atoms with Crippen LogP contribution in [0, 0.1) is 0 Å².